The number of benzene rings is 1. The van der Waals surface area contributed by atoms with Crippen molar-refractivity contribution in [2.45, 2.75) is 51.1 Å². The zero-order valence-corrected chi connectivity index (χ0v) is 14.2. The molecule has 0 aromatic heterocycles. The van der Waals surface area contributed by atoms with Crippen LogP contribution in [0.4, 0.5) is 4.79 Å². The Bertz CT molecular complexity index is 523. The van der Waals surface area contributed by atoms with Crippen molar-refractivity contribution in [3.8, 4) is 0 Å². The molecule has 0 N–H and O–H groups in total. The topological polar surface area (TPSA) is 23.6 Å². The van der Waals surface area contributed by atoms with Crippen LogP contribution in [0, 0.1) is 0 Å². The largest absolute Gasteiger partial charge is 0.322 e. The number of nitrogens with zero attached hydrogens (tertiary/aromatic N) is 2. The molecule has 120 valence electrons. The van der Waals surface area contributed by atoms with Crippen molar-refractivity contribution in [1.82, 2.24) is 9.80 Å². The summed E-state index contributed by atoms with van der Waals surface area (Å²) in [6.45, 7) is 2.17. The Morgan fingerprint density at radius 3 is 2.36 bits per heavy atom. The fourth-order valence-electron chi connectivity index (χ4n) is 3.56. The standard InChI is InChI=1S/C17H22Cl2N2O/c18-15-8-4-9-16(19)14(15)12-20-10-5-11-21(17(20)22)13-6-2-1-3-7-13/h4,8-9,13H,1-3,5-7,10-12H2. The molecule has 1 heterocycles. The van der Waals surface area contributed by atoms with Gasteiger partial charge in [0.15, 0.2) is 0 Å². The maximum absolute atomic E-state index is 12.8. The number of amides is 2. The van der Waals surface area contributed by atoms with Crippen molar-refractivity contribution in [3.05, 3.63) is 33.8 Å². The first-order valence-corrected chi connectivity index (χ1v) is 8.91. The molecule has 1 saturated carbocycles. The van der Waals surface area contributed by atoms with Gasteiger partial charge >= 0.3 is 6.03 Å². The predicted molar refractivity (Wildman–Crippen MR) is 90.5 cm³/mol. The van der Waals surface area contributed by atoms with Gasteiger partial charge in [0.05, 0.1) is 6.54 Å². The lowest BCUT2D eigenvalue weighted by Crippen LogP contribution is -2.53. The van der Waals surface area contributed by atoms with Crippen LogP contribution in [-0.4, -0.2) is 35.0 Å². The SMILES string of the molecule is O=C1N(Cc2c(Cl)cccc2Cl)CCCN1C1CCCCC1. The van der Waals surface area contributed by atoms with E-state index < -0.39 is 0 Å². The van der Waals surface area contributed by atoms with E-state index in [-0.39, 0.29) is 6.03 Å². The monoisotopic (exact) mass is 340 g/mol. The summed E-state index contributed by atoms with van der Waals surface area (Å²) in [6.07, 6.45) is 7.09. The molecule has 0 unspecified atom stereocenters. The highest BCUT2D eigenvalue weighted by Crippen LogP contribution is 2.29. The number of halogens is 2. The van der Waals surface area contributed by atoms with Gasteiger partial charge in [0, 0.05) is 34.7 Å². The van der Waals surface area contributed by atoms with Crippen LogP contribution in [-0.2, 0) is 6.54 Å². The minimum atomic E-state index is 0.147. The fraction of sp³-hybridized carbons (Fsp3) is 0.588. The molecule has 1 aliphatic carbocycles. The van der Waals surface area contributed by atoms with Gasteiger partial charge < -0.3 is 9.80 Å². The van der Waals surface area contributed by atoms with E-state index >= 15 is 0 Å². The minimum Gasteiger partial charge on any atom is -0.322 e. The van der Waals surface area contributed by atoms with Crippen LogP contribution in [0.1, 0.15) is 44.1 Å². The lowest BCUT2D eigenvalue weighted by molar-refractivity contribution is 0.0931. The Hall–Kier alpha value is -0.930. The van der Waals surface area contributed by atoms with Crippen molar-refractivity contribution in [3.63, 3.8) is 0 Å². The molecule has 2 amide bonds. The van der Waals surface area contributed by atoms with Crippen LogP contribution in [0.15, 0.2) is 18.2 Å². The molecular formula is C17H22Cl2N2O. The second kappa shape index (κ2) is 7.10. The molecule has 0 spiro atoms. The second-order valence-corrected chi connectivity index (χ2v) is 7.06. The summed E-state index contributed by atoms with van der Waals surface area (Å²) in [7, 11) is 0. The Morgan fingerprint density at radius 2 is 1.68 bits per heavy atom. The van der Waals surface area contributed by atoms with Crippen molar-refractivity contribution in [2.24, 2.45) is 0 Å². The van der Waals surface area contributed by atoms with Crippen LogP contribution in [0.2, 0.25) is 10.0 Å². The quantitative estimate of drug-likeness (QED) is 0.763. The van der Waals surface area contributed by atoms with E-state index in [9.17, 15) is 4.79 Å². The summed E-state index contributed by atoms with van der Waals surface area (Å²) in [5.74, 6) is 0. The molecule has 3 rings (SSSR count). The fourth-order valence-corrected chi connectivity index (χ4v) is 4.07. The average molecular weight is 341 g/mol. The van der Waals surface area contributed by atoms with E-state index in [0.29, 0.717) is 22.6 Å². The highest BCUT2D eigenvalue weighted by atomic mass is 35.5. The normalized spacial score (nSPS) is 20.5. The lowest BCUT2D eigenvalue weighted by Gasteiger charge is -2.41. The van der Waals surface area contributed by atoms with Gasteiger partial charge in [-0.05, 0) is 31.4 Å². The van der Waals surface area contributed by atoms with E-state index in [1.54, 1.807) is 0 Å². The summed E-state index contributed by atoms with van der Waals surface area (Å²) in [5, 5.41) is 1.27. The highest BCUT2D eigenvalue weighted by molar-refractivity contribution is 6.36. The van der Waals surface area contributed by atoms with Crippen molar-refractivity contribution >= 4 is 29.2 Å². The van der Waals surface area contributed by atoms with Crippen LogP contribution < -0.4 is 0 Å². The average Bonchev–Trinajstić information content (AvgIpc) is 2.53. The molecule has 1 aromatic rings. The van der Waals surface area contributed by atoms with Crippen LogP contribution in [0.25, 0.3) is 0 Å². The molecule has 1 aromatic carbocycles. The third kappa shape index (κ3) is 3.36. The molecule has 1 saturated heterocycles. The number of urea groups is 1. The first-order chi connectivity index (χ1) is 10.7. The number of hydrogen-bond acceptors (Lipinski definition) is 1. The molecule has 0 bridgehead atoms. The molecule has 3 nitrogen and oxygen atoms in total. The second-order valence-electron chi connectivity index (χ2n) is 6.24. The van der Waals surface area contributed by atoms with Gasteiger partial charge in [-0.1, -0.05) is 48.5 Å². The summed E-state index contributed by atoms with van der Waals surface area (Å²) < 4.78 is 0. The van der Waals surface area contributed by atoms with Crippen LogP contribution in [0.3, 0.4) is 0 Å². The third-order valence-electron chi connectivity index (χ3n) is 4.77. The molecular weight excluding hydrogens is 319 g/mol. The van der Waals surface area contributed by atoms with Crippen molar-refractivity contribution in [2.75, 3.05) is 13.1 Å². The molecule has 5 heteroatoms. The van der Waals surface area contributed by atoms with E-state index in [2.05, 4.69) is 4.90 Å². The highest BCUT2D eigenvalue weighted by Gasteiger charge is 2.32. The van der Waals surface area contributed by atoms with E-state index in [0.717, 1.165) is 37.9 Å². The smallest absolute Gasteiger partial charge is 0.320 e. The summed E-state index contributed by atoms with van der Waals surface area (Å²) in [6, 6.07) is 6.06. The predicted octanol–water partition coefficient (Wildman–Crippen LogP) is 4.95. The summed E-state index contributed by atoms with van der Waals surface area (Å²) >= 11 is 12.5. The number of carbonyl (C=O) groups is 1. The molecule has 2 fully saturated rings. The summed E-state index contributed by atoms with van der Waals surface area (Å²) in [4.78, 5) is 16.8. The Kier molecular flexibility index (Phi) is 5.14. The third-order valence-corrected chi connectivity index (χ3v) is 5.48. The Morgan fingerprint density at radius 1 is 1.00 bits per heavy atom. The van der Waals surface area contributed by atoms with Gasteiger partial charge in [-0.3, -0.25) is 0 Å². The molecule has 1 aliphatic heterocycles. The molecule has 22 heavy (non-hydrogen) atoms. The number of carbonyl (C=O) groups excluding carboxylic acids is 1. The summed E-state index contributed by atoms with van der Waals surface area (Å²) in [5.41, 5.74) is 0.852. The minimum absolute atomic E-state index is 0.147. The van der Waals surface area contributed by atoms with Gasteiger partial charge in [0.1, 0.15) is 0 Å². The lowest BCUT2D eigenvalue weighted by atomic mass is 9.94. The van der Waals surface area contributed by atoms with Crippen LogP contribution >= 0.6 is 23.2 Å². The van der Waals surface area contributed by atoms with Crippen molar-refractivity contribution < 1.29 is 4.79 Å². The van der Waals surface area contributed by atoms with Crippen LogP contribution in [0.5, 0.6) is 0 Å². The van der Waals surface area contributed by atoms with E-state index in [1.165, 1.54) is 19.3 Å². The number of rotatable bonds is 3. The zero-order chi connectivity index (χ0) is 15.5. The first kappa shape index (κ1) is 15.9. The maximum atomic E-state index is 12.8. The van der Waals surface area contributed by atoms with Crippen molar-refractivity contribution in [1.29, 1.82) is 0 Å². The van der Waals surface area contributed by atoms with E-state index in [1.807, 2.05) is 23.1 Å². The maximum Gasteiger partial charge on any atom is 0.320 e. The first-order valence-electron chi connectivity index (χ1n) is 8.15. The molecule has 0 atom stereocenters. The zero-order valence-electron chi connectivity index (χ0n) is 12.7. The van der Waals surface area contributed by atoms with E-state index in [4.69, 9.17) is 23.2 Å². The van der Waals surface area contributed by atoms with Gasteiger partial charge in [-0.2, -0.15) is 0 Å². The Balaban J connectivity index is 1.72. The Labute approximate surface area is 142 Å². The van der Waals surface area contributed by atoms with Gasteiger partial charge in [0.2, 0.25) is 0 Å². The van der Waals surface area contributed by atoms with Gasteiger partial charge in [0.25, 0.3) is 0 Å². The van der Waals surface area contributed by atoms with Gasteiger partial charge in [-0.15, -0.1) is 0 Å². The van der Waals surface area contributed by atoms with Gasteiger partial charge in [-0.25, -0.2) is 4.79 Å². The number of hydrogen-bond donors (Lipinski definition) is 0. The molecule has 0 radical (unpaired) electrons. The molecule has 2 aliphatic rings.